The maximum absolute atomic E-state index is 8.96. The van der Waals surface area contributed by atoms with Gasteiger partial charge in [-0.3, -0.25) is 0 Å². The lowest BCUT2D eigenvalue weighted by molar-refractivity contribution is 0.410. The maximum Gasteiger partial charge on any atom is 0.183 e. The Morgan fingerprint density at radius 1 is 1.47 bits per heavy atom. The Labute approximate surface area is 112 Å². The van der Waals surface area contributed by atoms with Crippen molar-refractivity contribution >= 4 is 5.82 Å². The van der Waals surface area contributed by atoms with Gasteiger partial charge < -0.3 is 15.0 Å². The van der Waals surface area contributed by atoms with Gasteiger partial charge in [0.2, 0.25) is 0 Å². The second-order valence-corrected chi connectivity index (χ2v) is 4.22. The highest BCUT2D eigenvalue weighted by Crippen LogP contribution is 2.28. The number of benzene rings is 1. The van der Waals surface area contributed by atoms with Gasteiger partial charge in [-0.15, -0.1) is 0 Å². The highest BCUT2D eigenvalue weighted by molar-refractivity contribution is 5.64. The van der Waals surface area contributed by atoms with E-state index >= 15 is 0 Å². The van der Waals surface area contributed by atoms with Crippen molar-refractivity contribution in [2.24, 2.45) is 7.05 Å². The van der Waals surface area contributed by atoms with Crippen LogP contribution in [0.1, 0.15) is 18.2 Å². The van der Waals surface area contributed by atoms with Gasteiger partial charge in [0.1, 0.15) is 23.5 Å². The van der Waals surface area contributed by atoms with E-state index in [-0.39, 0.29) is 5.69 Å². The van der Waals surface area contributed by atoms with Crippen LogP contribution >= 0.6 is 0 Å². The van der Waals surface area contributed by atoms with Crippen LogP contribution in [0.5, 0.6) is 5.75 Å². The molecule has 0 aliphatic rings. The Balaban J connectivity index is 2.57. The minimum atomic E-state index is 0.256. The number of nitrogen functional groups attached to an aromatic ring is 1. The number of methoxy groups -OCH3 is 1. The monoisotopic (exact) mass is 256 g/mol. The molecular formula is C14H16N4O. The molecule has 0 amide bonds. The summed E-state index contributed by atoms with van der Waals surface area (Å²) in [5.41, 5.74) is 8.11. The van der Waals surface area contributed by atoms with Gasteiger partial charge in [0.15, 0.2) is 5.69 Å². The van der Waals surface area contributed by atoms with E-state index in [1.807, 2.05) is 24.3 Å². The van der Waals surface area contributed by atoms with E-state index < -0.39 is 0 Å². The predicted molar refractivity (Wildman–Crippen MR) is 73.7 cm³/mol. The molecule has 2 N–H and O–H groups in total. The van der Waals surface area contributed by atoms with Crippen molar-refractivity contribution in [2.45, 2.75) is 13.3 Å². The smallest absolute Gasteiger partial charge is 0.183 e. The Bertz CT molecular complexity index is 652. The van der Waals surface area contributed by atoms with Crippen molar-refractivity contribution < 1.29 is 4.74 Å². The van der Waals surface area contributed by atoms with Crippen LogP contribution in [0.2, 0.25) is 0 Å². The molecule has 5 nitrogen and oxygen atoms in total. The third kappa shape index (κ3) is 2.13. The summed E-state index contributed by atoms with van der Waals surface area (Å²) in [6.07, 6.45) is 0.863. The molecule has 0 radical (unpaired) electrons. The van der Waals surface area contributed by atoms with E-state index in [1.54, 1.807) is 18.7 Å². The fourth-order valence-electron chi connectivity index (χ4n) is 2.05. The van der Waals surface area contributed by atoms with Gasteiger partial charge >= 0.3 is 0 Å². The lowest BCUT2D eigenvalue weighted by Gasteiger charge is -2.09. The average molecular weight is 256 g/mol. The third-order valence-corrected chi connectivity index (χ3v) is 3.16. The molecule has 1 heterocycles. The molecule has 2 rings (SSSR count). The number of nitriles is 1. The number of anilines is 1. The quantitative estimate of drug-likeness (QED) is 0.912. The van der Waals surface area contributed by atoms with Crippen molar-refractivity contribution in [3.05, 3.63) is 29.5 Å². The van der Waals surface area contributed by atoms with Crippen molar-refractivity contribution in [1.29, 1.82) is 5.26 Å². The zero-order valence-electron chi connectivity index (χ0n) is 11.3. The van der Waals surface area contributed by atoms with Crippen LogP contribution in [-0.2, 0) is 13.5 Å². The fourth-order valence-corrected chi connectivity index (χ4v) is 2.05. The van der Waals surface area contributed by atoms with Crippen molar-refractivity contribution in [1.82, 2.24) is 9.55 Å². The predicted octanol–water partition coefficient (Wildman–Crippen LogP) is 2.11. The fraction of sp³-hybridized carbons (Fsp3) is 0.286. The van der Waals surface area contributed by atoms with Gasteiger partial charge in [-0.05, 0) is 30.2 Å². The lowest BCUT2D eigenvalue weighted by atomic mass is 10.1. The number of aryl methyl sites for hydroxylation is 1. The summed E-state index contributed by atoms with van der Waals surface area (Å²) < 4.78 is 7.03. The van der Waals surface area contributed by atoms with E-state index in [9.17, 15) is 0 Å². The number of ether oxygens (including phenoxy) is 1. The average Bonchev–Trinajstić information content (AvgIpc) is 2.74. The summed E-state index contributed by atoms with van der Waals surface area (Å²) in [5, 5.41) is 8.96. The lowest BCUT2D eigenvalue weighted by Crippen LogP contribution is -1.99. The Morgan fingerprint density at radius 2 is 2.21 bits per heavy atom. The van der Waals surface area contributed by atoms with Crippen LogP contribution in [0, 0.1) is 11.3 Å². The molecule has 0 aliphatic carbocycles. The van der Waals surface area contributed by atoms with Gasteiger partial charge in [0, 0.05) is 12.6 Å². The highest BCUT2D eigenvalue weighted by atomic mass is 16.5. The minimum absolute atomic E-state index is 0.256. The van der Waals surface area contributed by atoms with Crippen LogP contribution in [0.4, 0.5) is 5.82 Å². The number of nitrogens with two attached hydrogens (primary N) is 1. The number of imidazole rings is 1. The molecular weight excluding hydrogens is 240 g/mol. The van der Waals surface area contributed by atoms with Crippen LogP contribution in [0.3, 0.4) is 0 Å². The van der Waals surface area contributed by atoms with Crippen LogP contribution < -0.4 is 10.5 Å². The Hall–Kier alpha value is -2.48. The first-order valence-corrected chi connectivity index (χ1v) is 6.01. The molecule has 1 aromatic heterocycles. The first-order valence-electron chi connectivity index (χ1n) is 6.01. The van der Waals surface area contributed by atoms with Crippen LogP contribution in [0.15, 0.2) is 18.2 Å². The van der Waals surface area contributed by atoms with Gasteiger partial charge in [-0.1, -0.05) is 6.92 Å². The summed E-state index contributed by atoms with van der Waals surface area (Å²) >= 11 is 0. The Morgan fingerprint density at radius 3 is 2.74 bits per heavy atom. The van der Waals surface area contributed by atoms with E-state index in [4.69, 9.17) is 15.7 Å². The van der Waals surface area contributed by atoms with Crippen molar-refractivity contribution in [2.75, 3.05) is 12.8 Å². The summed E-state index contributed by atoms with van der Waals surface area (Å²) in [7, 11) is 3.45. The molecule has 0 atom stereocenters. The van der Waals surface area contributed by atoms with Gasteiger partial charge in [0.25, 0.3) is 0 Å². The molecule has 1 aromatic carbocycles. The third-order valence-electron chi connectivity index (χ3n) is 3.16. The summed E-state index contributed by atoms with van der Waals surface area (Å²) in [6.45, 7) is 2.06. The summed E-state index contributed by atoms with van der Waals surface area (Å²) in [5.74, 6) is 1.92. The largest absolute Gasteiger partial charge is 0.496 e. The molecule has 98 valence electrons. The first-order chi connectivity index (χ1) is 9.12. The van der Waals surface area contributed by atoms with Gasteiger partial charge in [0.05, 0.1) is 7.11 Å². The molecule has 0 unspecified atom stereocenters. The number of nitrogens with zero attached hydrogens (tertiary/aromatic N) is 3. The van der Waals surface area contributed by atoms with Gasteiger partial charge in [-0.25, -0.2) is 4.98 Å². The van der Waals surface area contributed by atoms with Gasteiger partial charge in [-0.2, -0.15) is 5.26 Å². The van der Waals surface area contributed by atoms with E-state index in [0.717, 1.165) is 23.3 Å². The molecule has 5 heteroatoms. The van der Waals surface area contributed by atoms with E-state index in [0.29, 0.717) is 11.6 Å². The summed E-state index contributed by atoms with van der Waals surface area (Å²) in [6, 6.07) is 7.84. The van der Waals surface area contributed by atoms with Crippen LogP contribution in [0.25, 0.3) is 11.4 Å². The number of hydrogen-bond acceptors (Lipinski definition) is 4. The second-order valence-electron chi connectivity index (χ2n) is 4.22. The molecule has 0 fully saturated rings. The molecule has 0 spiro atoms. The molecule has 0 aliphatic heterocycles. The zero-order chi connectivity index (χ0) is 14.0. The number of aromatic nitrogens is 2. The van der Waals surface area contributed by atoms with Crippen molar-refractivity contribution in [3.63, 3.8) is 0 Å². The molecule has 19 heavy (non-hydrogen) atoms. The second kappa shape index (κ2) is 5.02. The first kappa shape index (κ1) is 13.0. The normalized spacial score (nSPS) is 10.2. The van der Waals surface area contributed by atoms with Crippen LogP contribution in [-0.4, -0.2) is 16.7 Å². The number of hydrogen-bond donors (Lipinski definition) is 1. The Kier molecular flexibility index (Phi) is 3.43. The molecule has 2 aromatic rings. The minimum Gasteiger partial charge on any atom is -0.496 e. The zero-order valence-corrected chi connectivity index (χ0v) is 11.3. The standard InChI is InChI=1S/C14H16N4O/c1-4-9-7-10(5-6-12(9)19-3)14-17-11(8-15)13(16)18(14)2/h5-7H,4,16H2,1-3H3. The van der Waals surface area contributed by atoms with Crippen molar-refractivity contribution in [3.8, 4) is 23.2 Å². The number of rotatable bonds is 3. The topological polar surface area (TPSA) is 76.9 Å². The maximum atomic E-state index is 8.96. The molecule has 0 saturated carbocycles. The molecule has 0 saturated heterocycles. The van der Waals surface area contributed by atoms with E-state index in [2.05, 4.69) is 11.9 Å². The highest BCUT2D eigenvalue weighted by Gasteiger charge is 2.14. The summed E-state index contributed by atoms with van der Waals surface area (Å²) in [4.78, 5) is 4.26. The SMILES string of the molecule is CCc1cc(-c2nc(C#N)c(N)n2C)ccc1OC. The molecule has 0 bridgehead atoms. The van der Waals surface area contributed by atoms with E-state index in [1.165, 1.54) is 0 Å².